The molecule has 0 atom stereocenters. The molecular formula is C13H16INO5S. The number of rotatable bonds is 3. The summed E-state index contributed by atoms with van der Waals surface area (Å²) in [6, 6.07) is 4.08. The van der Waals surface area contributed by atoms with Gasteiger partial charge in [0.2, 0.25) is 10.0 Å². The smallest absolute Gasteiger partial charge is 0.336 e. The zero-order chi connectivity index (χ0) is 15.8. The molecule has 0 amide bonds. The highest BCUT2D eigenvalue weighted by Gasteiger charge is 2.34. The average Bonchev–Trinajstić information content (AvgIpc) is 2.38. The highest BCUT2D eigenvalue weighted by Crippen LogP contribution is 2.27. The molecule has 1 fully saturated rings. The zero-order valence-electron chi connectivity index (χ0n) is 11.4. The molecule has 1 saturated heterocycles. The summed E-state index contributed by atoms with van der Waals surface area (Å²) in [5.41, 5.74) is -0.870. The highest BCUT2D eigenvalue weighted by molar-refractivity contribution is 14.1. The van der Waals surface area contributed by atoms with Crippen molar-refractivity contribution in [2.24, 2.45) is 0 Å². The number of carbonyl (C=O) groups is 1. The van der Waals surface area contributed by atoms with Crippen LogP contribution in [0.4, 0.5) is 0 Å². The second kappa shape index (κ2) is 5.82. The molecule has 6 nitrogen and oxygen atoms in total. The van der Waals surface area contributed by atoms with Crippen molar-refractivity contribution in [3.05, 3.63) is 27.3 Å². The number of sulfonamides is 1. The van der Waals surface area contributed by atoms with Gasteiger partial charge in [-0.3, -0.25) is 0 Å². The van der Waals surface area contributed by atoms with Crippen molar-refractivity contribution in [2.45, 2.75) is 30.3 Å². The van der Waals surface area contributed by atoms with Crippen molar-refractivity contribution in [3.8, 4) is 0 Å². The Kier molecular flexibility index (Phi) is 4.62. The quantitative estimate of drug-likeness (QED) is 0.717. The lowest BCUT2D eigenvalue weighted by atomic mass is 9.95. The molecule has 1 aliphatic rings. The minimum atomic E-state index is -3.73. The van der Waals surface area contributed by atoms with Gasteiger partial charge in [-0.15, -0.1) is 0 Å². The largest absolute Gasteiger partial charge is 0.478 e. The maximum Gasteiger partial charge on any atom is 0.336 e. The molecule has 0 unspecified atom stereocenters. The molecule has 2 rings (SSSR count). The van der Waals surface area contributed by atoms with Gasteiger partial charge < -0.3 is 10.2 Å². The predicted octanol–water partition coefficient (Wildman–Crippen LogP) is 1.52. The first kappa shape index (κ1) is 16.7. The topological polar surface area (TPSA) is 94.9 Å². The summed E-state index contributed by atoms with van der Waals surface area (Å²) in [5, 5.41) is 19.0. The van der Waals surface area contributed by atoms with Crippen LogP contribution in [0.2, 0.25) is 0 Å². The maximum absolute atomic E-state index is 12.5. The minimum absolute atomic E-state index is 0.0261. The van der Waals surface area contributed by atoms with Crippen molar-refractivity contribution >= 4 is 38.6 Å². The zero-order valence-corrected chi connectivity index (χ0v) is 14.4. The van der Waals surface area contributed by atoms with E-state index in [1.165, 1.54) is 22.5 Å². The summed E-state index contributed by atoms with van der Waals surface area (Å²) in [4.78, 5) is 11.1. The Morgan fingerprint density at radius 3 is 2.43 bits per heavy atom. The number of hydrogen-bond donors (Lipinski definition) is 2. The van der Waals surface area contributed by atoms with Crippen molar-refractivity contribution in [3.63, 3.8) is 0 Å². The number of aliphatic hydroxyl groups is 1. The van der Waals surface area contributed by atoms with Crippen molar-refractivity contribution in [1.82, 2.24) is 4.31 Å². The molecular weight excluding hydrogens is 409 g/mol. The van der Waals surface area contributed by atoms with Crippen LogP contribution in [-0.2, 0) is 10.0 Å². The Morgan fingerprint density at radius 1 is 1.33 bits per heavy atom. The number of piperidine rings is 1. The average molecular weight is 425 g/mol. The molecule has 0 aromatic heterocycles. The molecule has 2 N–H and O–H groups in total. The second-order valence-corrected chi connectivity index (χ2v) is 8.45. The Labute approximate surface area is 137 Å². The van der Waals surface area contributed by atoms with Crippen molar-refractivity contribution in [2.75, 3.05) is 13.1 Å². The standard InChI is InChI=1S/C13H16INO5S/c1-13(18)4-6-15(7-5-13)21(19,20)9-2-3-11(14)10(8-9)12(16)17/h2-3,8,18H,4-7H2,1H3,(H,16,17). The van der Waals surface area contributed by atoms with Crippen LogP contribution in [0.15, 0.2) is 23.1 Å². The van der Waals surface area contributed by atoms with E-state index in [2.05, 4.69) is 0 Å². The fourth-order valence-electron chi connectivity index (χ4n) is 2.19. The Bertz CT molecular complexity index is 661. The van der Waals surface area contributed by atoms with Crippen LogP contribution in [0, 0.1) is 3.57 Å². The van der Waals surface area contributed by atoms with Crippen LogP contribution in [-0.4, -0.2) is 47.6 Å². The number of carboxylic acid groups (broad SMARTS) is 1. The monoisotopic (exact) mass is 425 g/mol. The van der Waals surface area contributed by atoms with Gasteiger partial charge in [-0.1, -0.05) is 0 Å². The third-order valence-corrected chi connectivity index (χ3v) is 6.44. The van der Waals surface area contributed by atoms with Gasteiger partial charge in [0, 0.05) is 16.7 Å². The molecule has 0 spiro atoms. The van der Waals surface area contributed by atoms with Gasteiger partial charge in [0.15, 0.2) is 0 Å². The Balaban J connectivity index is 2.33. The van der Waals surface area contributed by atoms with E-state index in [9.17, 15) is 18.3 Å². The van der Waals surface area contributed by atoms with E-state index in [1.54, 1.807) is 6.92 Å². The molecule has 1 heterocycles. The van der Waals surface area contributed by atoms with Gasteiger partial charge >= 0.3 is 5.97 Å². The molecule has 1 aliphatic heterocycles. The number of hydrogen-bond acceptors (Lipinski definition) is 4. The highest BCUT2D eigenvalue weighted by atomic mass is 127. The van der Waals surface area contributed by atoms with E-state index in [0.717, 1.165) is 0 Å². The minimum Gasteiger partial charge on any atom is -0.478 e. The van der Waals surface area contributed by atoms with E-state index in [0.29, 0.717) is 16.4 Å². The van der Waals surface area contributed by atoms with Gasteiger partial charge in [0.25, 0.3) is 0 Å². The summed E-state index contributed by atoms with van der Waals surface area (Å²) >= 11 is 1.86. The number of aromatic carboxylic acids is 1. The third kappa shape index (κ3) is 3.55. The molecule has 21 heavy (non-hydrogen) atoms. The molecule has 8 heteroatoms. The summed E-state index contributed by atoms with van der Waals surface area (Å²) < 4.78 is 26.8. The Morgan fingerprint density at radius 2 is 1.90 bits per heavy atom. The lowest BCUT2D eigenvalue weighted by Gasteiger charge is -2.35. The van der Waals surface area contributed by atoms with E-state index in [4.69, 9.17) is 5.11 Å². The number of nitrogens with zero attached hydrogens (tertiary/aromatic N) is 1. The van der Waals surface area contributed by atoms with Crippen LogP contribution in [0.25, 0.3) is 0 Å². The number of benzene rings is 1. The van der Waals surface area contributed by atoms with Crippen molar-refractivity contribution < 1.29 is 23.4 Å². The van der Waals surface area contributed by atoms with Crippen LogP contribution < -0.4 is 0 Å². The van der Waals surface area contributed by atoms with Crippen LogP contribution in [0.3, 0.4) is 0 Å². The van der Waals surface area contributed by atoms with Gasteiger partial charge in [0.1, 0.15) is 0 Å². The molecule has 0 radical (unpaired) electrons. The van der Waals surface area contributed by atoms with E-state index in [1.807, 2.05) is 22.6 Å². The third-order valence-electron chi connectivity index (χ3n) is 3.61. The predicted molar refractivity (Wildman–Crippen MR) is 84.7 cm³/mol. The molecule has 0 aliphatic carbocycles. The summed E-state index contributed by atoms with van der Waals surface area (Å²) in [5.74, 6) is -1.15. The Hall–Kier alpha value is -0.710. The molecule has 116 valence electrons. The first-order chi connectivity index (χ1) is 9.63. The van der Waals surface area contributed by atoms with E-state index < -0.39 is 21.6 Å². The van der Waals surface area contributed by atoms with E-state index in [-0.39, 0.29) is 23.5 Å². The van der Waals surface area contributed by atoms with Gasteiger partial charge in [-0.25, -0.2) is 13.2 Å². The summed E-state index contributed by atoms with van der Waals surface area (Å²) in [6.07, 6.45) is 0.727. The molecule has 1 aromatic rings. The molecule has 0 saturated carbocycles. The lowest BCUT2D eigenvalue weighted by molar-refractivity contribution is 0.0126. The first-order valence-corrected chi connectivity index (χ1v) is 8.91. The molecule has 0 bridgehead atoms. The lowest BCUT2D eigenvalue weighted by Crippen LogP contribution is -2.45. The van der Waals surface area contributed by atoms with Crippen LogP contribution in [0.5, 0.6) is 0 Å². The normalized spacial score (nSPS) is 19.4. The van der Waals surface area contributed by atoms with Gasteiger partial charge in [0.05, 0.1) is 16.1 Å². The summed E-state index contributed by atoms with van der Waals surface area (Å²) in [7, 11) is -3.73. The number of halogens is 1. The van der Waals surface area contributed by atoms with Crippen LogP contribution in [0.1, 0.15) is 30.1 Å². The molecule has 1 aromatic carbocycles. The van der Waals surface area contributed by atoms with Crippen LogP contribution >= 0.6 is 22.6 Å². The fourth-order valence-corrected chi connectivity index (χ4v) is 4.22. The SMILES string of the molecule is CC1(O)CCN(S(=O)(=O)c2ccc(I)c(C(=O)O)c2)CC1. The maximum atomic E-state index is 12.5. The summed E-state index contributed by atoms with van der Waals surface area (Å²) in [6.45, 7) is 2.14. The van der Waals surface area contributed by atoms with Gasteiger partial charge in [-0.05, 0) is 60.6 Å². The van der Waals surface area contributed by atoms with Gasteiger partial charge in [-0.2, -0.15) is 4.31 Å². The second-order valence-electron chi connectivity index (χ2n) is 5.35. The number of carboxylic acids is 1. The van der Waals surface area contributed by atoms with Crippen molar-refractivity contribution in [1.29, 1.82) is 0 Å². The van der Waals surface area contributed by atoms with E-state index >= 15 is 0 Å². The fraction of sp³-hybridized carbons (Fsp3) is 0.462. The first-order valence-electron chi connectivity index (χ1n) is 6.39.